The number of nitrogens with zero attached hydrogens (tertiary/aromatic N) is 4. The molecule has 0 fully saturated rings. The second-order valence-corrected chi connectivity index (χ2v) is 17.9. The van der Waals surface area contributed by atoms with Crippen LogP contribution in [0.3, 0.4) is 0 Å². The fraction of sp³-hybridized carbons (Fsp3) is 0.104. The zero-order valence-electron chi connectivity index (χ0n) is 63.0. The van der Waals surface area contributed by atoms with Gasteiger partial charge in [0.1, 0.15) is 5.82 Å². The molecule has 0 unspecified atom stereocenters. The Hall–Kier alpha value is -8.11. The van der Waals surface area contributed by atoms with Crippen molar-refractivity contribution in [1.82, 2.24) is 14.1 Å². The molecule has 0 saturated carbocycles. The molecule has 0 radical (unpaired) electrons. The normalized spacial score (nSPS) is 16.8. The van der Waals surface area contributed by atoms with Crippen molar-refractivity contribution in [3.63, 3.8) is 0 Å². The second-order valence-electron chi connectivity index (χ2n) is 17.9. The minimum atomic E-state index is -2.89. The van der Waals surface area contributed by atoms with Crippen LogP contribution < -0.4 is 9.30 Å². The Morgan fingerprint density at radius 3 is 1.86 bits per heavy atom. The minimum Gasteiger partial charge on any atom is -0.510 e. The monoisotopic (exact) mass is 1150 g/mol. The van der Waals surface area contributed by atoms with Crippen LogP contribution >= 0.6 is 0 Å². The predicted octanol–water partition coefficient (Wildman–Crippen LogP) is 16.5. The zero-order valence-corrected chi connectivity index (χ0v) is 41.3. The number of aromatic nitrogens is 4. The topological polar surface area (TPSA) is 35.9 Å². The summed E-state index contributed by atoms with van der Waals surface area (Å²) in [4.78, 5) is 4.66. The van der Waals surface area contributed by atoms with E-state index in [0.29, 0.717) is 27.4 Å². The Balaban J connectivity index is 0.00000954. The van der Waals surface area contributed by atoms with Crippen LogP contribution in [0.25, 0.3) is 94.5 Å². The van der Waals surface area contributed by atoms with Gasteiger partial charge in [0.2, 0.25) is 0 Å². The maximum Gasteiger partial charge on any atom is 0.268 e. The predicted molar refractivity (Wildman–Crippen MR) is 295 cm³/mol. The Labute approximate surface area is 475 Å². The number of fused-ring (bicyclic) bond motifs is 4. The summed E-state index contributed by atoms with van der Waals surface area (Å²) < 4.78 is 221. The number of aryl methyl sites for hydroxylation is 3. The Bertz CT molecular complexity index is 5090. The van der Waals surface area contributed by atoms with E-state index in [1.54, 1.807) is 65.2 Å². The molecule has 5 nitrogen and oxygen atoms in total. The van der Waals surface area contributed by atoms with Crippen molar-refractivity contribution in [3.8, 4) is 73.2 Å². The van der Waals surface area contributed by atoms with E-state index >= 15 is 0 Å². The molecule has 3 aromatic heterocycles. The summed E-state index contributed by atoms with van der Waals surface area (Å²) in [5.74, 6) is 0.202. The molecule has 73 heavy (non-hydrogen) atoms. The summed E-state index contributed by atoms with van der Waals surface area (Å²) in [5.41, 5.74) is -1.35. The first-order valence-corrected chi connectivity index (χ1v) is 22.6. The molecule has 0 spiro atoms. The zero-order chi connectivity index (χ0) is 69.6. The Morgan fingerprint density at radius 1 is 0.575 bits per heavy atom. The Kier molecular flexibility index (Phi) is 7.10. The first kappa shape index (κ1) is 27.1. The van der Waals surface area contributed by atoms with Gasteiger partial charge in [-0.05, 0) is 116 Å². The van der Waals surface area contributed by atoms with Crippen molar-refractivity contribution in [2.75, 3.05) is 0 Å². The van der Waals surface area contributed by atoms with Gasteiger partial charge < -0.3 is 13.9 Å². The van der Waals surface area contributed by atoms with Gasteiger partial charge in [-0.2, -0.15) is 18.2 Å². The van der Waals surface area contributed by atoms with Gasteiger partial charge in [-0.25, -0.2) is 4.98 Å². The van der Waals surface area contributed by atoms with E-state index in [9.17, 15) is 5.48 Å². The molecule has 0 aliphatic rings. The van der Waals surface area contributed by atoms with Gasteiger partial charge in [-0.3, -0.25) is 4.57 Å². The molecule has 9 aromatic carbocycles. The molecule has 0 bridgehead atoms. The van der Waals surface area contributed by atoms with E-state index in [4.69, 9.17) is 32.2 Å². The van der Waals surface area contributed by atoms with Crippen LogP contribution in [0, 0.1) is 39.0 Å². The number of imidazole rings is 1. The van der Waals surface area contributed by atoms with Crippen LogP contribution in [0.1, 0.15) is 75.9 Å². The summed E-state index contributed by atoms with van der Waals surface area (Å²) in [7, 11) is 0. The Morgan fingerprint density at radius 2 is 1.21 bits per heavy atom. The fourth-order valence-electron chi connectivity index (χ4n) is 9.00. The van der Waals surface area contributed by atoms with E-state index < -0.39 is 117 Å². The number of hydrogen-bond acceptors (Lipinski definition) is 2. The van der Waals surface area contributed by atoms with Gasteiger partial charge in [0.05, 0.1) is 37.3 Å². The maximum absolute atomic E-state index is 9.40. The molecule has 12 rings (SSSR count). The third kappa shape index (κ3) is 8.68. The van der Waals surface area contributed by atoms with E-state index in [1.165, 1.54) is 51.6 Å². The van der Waals surface area contributed by atoms with Crippen molar-refractivity contribution >= 4 is 32.8 Å². The van der Waals surface area contributed by atoms with Crippen LogP contribution in [-0.4, -0.2) is 14.1 Å². The van der Waals surface area contributed by atoms with Gasteiger partial charge >= 0.3 is 0 Å². The fourth-order valence-corrected chi connectivity index (χ4v) is 9.00. The number of hydrogen-bond donors (Lipinski definition) is 0. The third-order valence-electron chi connectivity index (χ3n) is 12.4. The molecule has 358 valence electrons. The average Bonchev–Trinajstić information content (AvgIpc) is 1.70. The van der Waals surface area contributed by atoms with E-state index in [1.807, 2.05) is 26.8 Å². The second kappa shape index (κ2) is 19.1. The molecule has 12 aromatic rings. The van der Waals surface area contributed by atoms with E-state index in [0.717, 1.165) is 6.20 Å². The maximum atomic E-state index is 9.40. The van der Waals surface area contributed by atoms with Crippen molar-refractivity contribution in [3.05, 3.63) is 247 Å². The van der Waals surface area contributed by atoms with Crippen LogP contribution in [0.5, 0.6) is 11.5 Å². The average molecular weight is 1150 g/mol. The van der Waals surface area contributed by atoms with Crippen LogP contribution in [0.4, 0.5) is 0 Å². The molecular formula is C67H52N4OPt-2. The molecular weight excluding hydrogens is 1070 g/mol. The van der Waals surface area contributed by atoms with Crippen LogP contribution in [-0.2, 0) is 26.5 Å². The molecule has 0 N–H and O–H groups in total. The van der Waals surface area contributed by atoms with Crippen molar-refractivity contribution in [2.45, 2.75) is 46.7 Å². The van der Waals surface area contributed by atoms with Gasteiger partial charge in [-0.1, -0.05) is 178 Å². The van der Waals surface area contributed by atoms with Crippen LogP contribution in [0.2, 0.25) is 0 Å². The first-order valence-electron chi connectivity index (χ1n) is 34.6. The summed E-state index contributed by atoms with van der Waals surface area (Å²) >= 11 is 0. The number of para-hydroxylation sites is 1. The molecule has 6 heteroatoms. The van der Waals surface area contributed by atoms with Crippen LogP contribution in [0.15, 0.2) is 206 Å². The van der Waals surface area contributed by atoms with Gasteiger partial charge in [0.25, 0.3) is 6.33 Å². The standard InChI is InChI=1S/C67H52N4O.Pt/c1-44-20-18-21-45(2)65(44)50-32-35-61-63(37-50)69(43-70(61)66-57(47-22-10-7-11-23-47)38-51(67(4,5)6)39-58(66)48-24-12-8-13-25-48)52-28-19-29-53(40-52)72-54-33-34-56-55-30-16-17-31-60(55)71(62(56)41-54)64-36-46(3)59(42-68-64)49-26-14-9-15-27-49;/h7-39,42H,1-6H3;/q-2;/i1D3,2D3,3D3,7D,8D,9D,10D,11D,12D,13D,14D,15D,22D,23D,24D,25D,26D,27D;. The van der Waals surface area contributed by atoms with E-state index in [2.05, 4.69) is 23.4 Å². The molecule has 0 saturated heterocycles. The summed E-state index contributed by atoms with van der Waals surface area (Å²) in [6, 6.07) is 24.9. The molecule has 0 aliphatic heterocycles. The number of rotatable bonds is 9. The van der Waals surface area contributed by atoms with Gasteiger partial charge in [0, 0.05) is 62.2 Å². The molecule has 0 atom stereocenters. The summed E-state index contributed by atoms with van der Waals surface area (Å²) in [5, 5.41) is 1.32. The molecule has 0 amide bonds. The van der Waals surface area contributed by atoms with Gasteiger partial charge in [0.15, 0.2) is 0 Å². The van der Waals surface area contributed by atoms with Gasteiger partial charge in [-0.15, -0.1) is 29.7 Å². The number of pyridine rings is 1. The SMILES string of the molecule is [2H]c1c([2H])c([2H])c(-c2cnc(-n3c4[c-]c(Oc5[c-]c(-n6[c-][n+](-c7c(-c8c([2H])c([2H])c([2H])c([2H])c8[2H])cc(C(C)(C)C)cc7-c7c([2H])c([2H])c([2H])c([2H])c7[2H])c7ccc(-c8c(C([2H])([2H])[2H])cccc8C([2H])([2H])[2H])cc76)ccc5)ccc4c4ccccc43)cc2C([2H])([2H])[2H])c([2H])c1[2H].[Pt]. The van der Waals surface area contributed by atoms with E-state index in [-0.39, 0.29) is 122 Å². The molecule has 0 aliphatic carbocycles. The minimum absolute atomic E-state index is 0. The largest absolute Gasteiger partial charge is 0.510 e. The summed E-state index contributed by atoms with van der Waals surface area (Å²) in [6.07, 6.45) is 4.50. The first-order chi connectivity index (χ1) is 44.9. The van der Waals surface area contributed by atoms with Crippen molar-refractivity contribution in [2.24, 2.45) is 0 Å². The van der Waals surface area contributed by atoms with Crippen molar-refractivity contribution in [1.29, 1.82) is 0 Å². The summed E-state index contributed by atoms with van der Waals surface area (Å²) in [6.45, 7) is -3.08. The van der Waals surface area contributed by atoms with Crippen molar-refractivity contribution < 1.29 is 63.3 Å². The molecule has 3 heterocycles. The smallest absolute Gasteiger partial charge is 0.268 e. The quantitative estimate of drug-likeness (QED) is 0.107. The third-order valence-corrected chi connectivity index (χ3v) is 12.4. The number of ether oxygens (including phenoxy) is 1. The number of benzene rings is 9.